The number of hydrogen-bond acceptors (Lipinski definition) is 3. The molecule has 0 saturated heterocycles. The van der Waals surface area contributed by atoms with Crippen LogP contribution in [0.25, 0.3) is 76.5 Å². The highest BCUT2D eigenvalue weighted by atomic mass is 16.3. The van der Waals surface area contributed by atoms with Gasteiger partial charge in [-0.05, 0) is 69.7 Å². The van der Waals surface area contributed by atoms with Gasteiger partial charge in [0.25, 0.3) is 0 Å². The predicted molar refractivity (Wildman–Crippen MR) is 221 cm³/mol. The van der Waals surface area contributed by atoms with E-state index >= 15 is 0 Å². The third kappa shape index (κ3) is 5.21. The SMILES string of the molecule is C=N/C(=N\C(=N/Cc1ccccc1)c1ccc2c(c1)oc1ccccc12)c1cccc2oc3c(-c4cc5ccccc5c5ccccc45)cccc3c12. The molecule has 53 heavy (non-hydrogen) atoms. The zero-order valence-corrected chi connectivity index (χ0v) is 28.7. The maximum atomic E-state index is 6.75. The number of furan rings is 2. The maximum Gasteiger partial charge on any atom is 0.161 e. The normalized spacial score (nSPS) is 12.5. The summed E-state index contributed by atoms with van der Waals surface area (Å²) in [6, 6.07) is 56.1. The average Bonchev–Trinajstić information content (AvgIpc) is 3.79. The fourth-order valence-electron chi connectivity index (χ4n) is 7.61. The van der Waals surface area contributed by atoms with E-state index in [4.69, 9.17) is 18.8 Å². The summed E-state index contributed by atoms with van der Waals surface area (Å²) in [6.07, 6.45) is 0. The Labute approximate surface area is 304 Å². The van der Waals surface area contributed by atoms with Crippen molar-refractivity contribution in [2.24, 2.45) is 15.0 Å². The van der Waals surface area contributed by atoms with Gasteiger partial charge in [-0.15, -0.1) is 0 Å². The van der Waals surface area contributed by atoms with Crippen molar-refractivity contribution >= 4 is 83.8 Å². The quantitative estimate of drug-likeness (QED) is 0.103. The van der Waals surface area contributed by atoms with Crippen molar-refractivity contribution in [2.75, 3.05) is 0 Å². The topological polar surface area (TPSA) is 63.4 Å². The Morgan fingerprint density at radius 3 is 2.06 bits per heavy atom. The van der Waals surface area contributed by atoms with Crippen molar-refractivity contribution in [3.8, 4) is 11.1 Å². The number of amidine groups is 2. The first kappa shape index (κ1) is 30.7. The molecule has 0 aliphatic heterocycles. The Bertz CT molecular complexity index is 3110. The van der Waals surface area contributed by atoms with Crippen LogP contribution >= 0.6 is 0 Å². The molecule has 5 heteroatoms. The van der Waals surface area contributed by atoms with Gasteiger partial charge in [0.2, 0.25) is 0 Å². The molecule has 0 aliphatic carbocycles. The van der Waals surface area contributed by atoms with Gasteiger partial charge in [-0.25, -0.2) is 9.98 Å². The molecule has 250 valence electrons. The lowest BCUT2D eigenvalue weighted by atomic mass is 9.92. The molecule has 0 N–H and O–H groups in total. The second-order valence-electron chi connectivity index (χ2n) is 13.2. The summed E-state index contributed by atoms with van der Waals surface area (Å²) in [5, 5.41) is 8.82. The Morgan fingerprint density at radius 1 is 0.491 bits per heavy atom. The van der Waals surface area contributed by atoms with Crippen LogP contribution in [-0.4, -0.2) is 18.4 Å². The van der Waals surface area contributed by atoms with Crippen molar-refractivity contribution < 1.29 is 8.83 Å². The molecule has 0 bridgehead atoms. The van der Waals surface area contributed by atoms with Gasteiger partial charge in [-0.1, -0.05) is 133 Å². The summed E-state index contributed by atoms with van der Waals surface area (Å²) in [4.78, 5) is 14.7. The Balaban J connectivity index is 1.16. The molecule has 0 fully saturated rings. The summed E-state index contributed by atoms with van der Waals surface area (Å²) in [6.45, 7) is 4.44. The summed E-state index contributed by atoms with van der Waals surface area (Å²) in [5.41, 5.74) is 8.04. The largest absolute Gasteiger partial charge is 0.456 e. The number of rotatable bonds is 5. The number of aliphatic imine (C=N–C) groups is 3. The van der Waals surface area contributed by atoms with Crippen LogP contribution < -0.4 is 0 Å². The zero-order chi connectivity index (χ0) is 35.3. The molecule has 2 heterocycles. The molecule has 5 nitrogen and oxygen atoms in total. The number of fused-ring (bicyclic) bond motifs is 9. The first-order valence-electron chi connectivity index (χ1n) is 17.6. The third-order valence-electron chi connectivity index (χ3n) is 10.1. The van der Waals surface area contributed by atoms with E-state index in [0.29, 0.717) is 18.2 Å². The van der Waals surface area contributed by atoms with Gasteiger partial charge in [0.05, 0.1) is 6.54 Å². The van der Waals surface area contributed by atoms with Crippen LogP contribution in [0.2, 0.25) is 0 Å². The van der Waals surface area contributed by atoms with Crippen molar-refractivity contribution in [1.82, 2.24) is 0 Å². The molecule has 0 amide bonds. The van der Waals surface area contributed by atoms with Crippen LogP contribution in [0.1, 0.15) is 16.7 Å². The van der Waals surface area contributed by atoms with Gasteiger partial charge >= 0.3 is 0 Å². The lowest BCUT2D eigenvalue weighted by Gasteiger charge is -2.11. The Morgan fingerprint density at radius 2 is 1.19 bits per heavy atom. The molecule has 0 unspecified atom stereocenters. The Kier molecular flexibility index (Phi) is 7.29. The van der Waals surface area contributed by atoms with Crippen LogP contribution in [0.4, 0.5) is 0 Å². The smallest absolute Gasteiger partial charge is 0.161 e. The Hall–Kier alpha value is -7.11. The highest BCUT2D eigenvalue weighted by Crippen LogP contribution is 2.42. The fraction of sp³-hybridized carbons (Fsp3) is 0.0208. The molecule has 10 aromatic rings. The van der Waals surface area contributed by atoms with Gasteiger partial charge < -0.3 is 8.83 Å². The number of para-hydroxylation sites is 2. The van der Waals surface area contributed by atoms with E-state index < -0.39 is 0 Å². The van der Waals surface area contributed by atoms with E-state index in [0.717, 1.165) is 71.7 Å². The summed E-state index contributed by atoms with van der Waals surface area (Å²) in [5.74, 6) is 0.989. The molecule has 0 atom stereocenters. The molecule has 8 aromatic carbocycles. The second kappa shape index (κ2) is 12.6. The first-order chi connectivity index (χ1) is 26.2. The minimum Gasteiger partial charge on any atom is -0.456 e. The van der Waals surface area contributed by atoms with E-state index in [1.54, 1.807) is 0 Å². The lowest BCUT2D eigenvalue weighted by Crippen LogP contribution is -2.06. The monoisotopic (exact) mass is 681 g/mol. The minimum absolute atomic E-state index is 0.449. The van der Waals surface area contributed by atoms with Gasteiger partial charge in [-0.3, -0.25) is 4.99 Å². The number of hydrogen-bond donors (Lipinski definition) is 0. The molecule has 2 aromatic heterocycles. The van der Waals surface area contributed by atoms with E-state index in [1.807, 2.05) is 66.7 Å². The van der Waals surface area contributed by atoms with Crippen molar-refractivity contribution in [1.29, 1.82) is 0 Å². The average molecular weight is 682 g/mol. The van der Waals surface area contributed by atoms with Gasteiger partial charge in [0.15, 0.2) is 11.7 Å². The predicted octanol–water partition coefficient (Wildman–Crippen LogP) is 12.6. The third-order valence-corrected chi connectivity index (χ3v) is 10.1. The number of benzene rings is 8. The standard InChI is InChI=1S/C48H31N3O2/c1-49-48(51-47(50-29-30-13-3-2-4-14-30)32-25-26-37-36-19-9-10-23-42(36)52-44(37)28-32)40-22-12-24-43-45(40)39-21-11-20-38(46(39)53-43)41-27-31-15-5-6-16-33(31)34-17-7-8-18-35(34)41/h2-28H,1,29H2/b50-47-,51-48-. The van der Waals surface area contributed by atoms with Crippen LogP contribution in [0.3, 0.4) is 0 Å². The zero-order valence-electron chi connectivity index (χ0n) is 28.7. The fourth-order valence-corrected chi connectivity index (χ4v) is 7.61. The highest BCUT2D eigenvalue weighted by molar-refractivity contribution is 6.24. The molecule has 10 rings (SSSR count). The maximum absolute atomic E-state index is 6.75. The molecule has 0 spiro atoms. The highest BCUT2D eigenvalue weighted by Gasteiger charge is 2.20. The van der Waals surface area contributed by atoms with E-state index in [9.17, 15) is 0 Å². The van der Waals surface area contributed by atoms with Gasteiger partial charge in [0, 0.05) is 38.2 Å². The van der Waals surface area contributed by atoms with Gasteiger partial charge in [0.1, 0.15) is 22.3 Å². The van der Waals surface area contributed by atoms with Crippen LogP contribution in [0, 0.1) is 0 Å². The minimum atomic E-state index is 0.449. The van der Waals surface area contributed by atoms with Crippen molar-refractivity contribution in [2.45, 2.75) is 6.54 Å². The molecular formula is C48H31N3O2. The number of nitrogens with zero attached hydrogens (tertiary/aromatic N) is 3. The van der Waals surface area contributed by atoms with E-state index in [-0.39, 0.29) is 0 Å². The lowest BCUT2D eigenvalue weighted by molar-refractivity contribution is 0.668. The van der Waals surface area contributed by atoms with Crippen LogP contribution in [0.5, 0.6) is 0 Å². The molecule has 0 saturated carbocycles. The summed E-state index contributed by atoms with van der Waals surface area (Å²) in [7, 11) is 0. The van der Waals surface area contributed by atoms with Crippen LogP contribution in [-0.2, 0) is 6.54 Å². The summed E-state index contributed by atoms with van der Waals surface area (Å²) < 4.78 is 13.0. The molecule has 0 aliphatic rings. The summed E-state index contributed by atoms with van der Waals surface area (Å²) >= 11 is 0. The van der Waals surface area contributed by atoms with E-state index in [1.165, 1.54) is 21.5 Å². The van der Waals surface area contributed by atoms with E-state index in [2.05, 4.69) is 109 Å². The van der Waals surface area contributed by atoms with Crippen molar-refractivity contribution in [3.63, 3.8) is 0 Å². The second-order valence-corrected chi connectivity index (χ2v) is 13.2. The van der Waals surface area contributed by atoms with Gasteiger partial charge in [-0.2, -0.15) is 0 Å². The first-order valence-corrected chi connectivity index (χ1v) is 17.6. The van der Waals surface area contributed by atoms with Crippen LogP contribution in [0.15, 0.2) is 188 Å². The molecular weight excluding hydrogens is 651 g/mol. The van der Waals surface area contributed by atoms with Crippen molar-refractivity contribution in [3.05, 3.63) is 180 Å². The molecule has 0 radical (unpaired) electrons.